The van der Waals surface area contributed by atoms with E-state index in [1.807, 2.05) is 27.7 Å². The Hall–Kier alpha value is -1.11. The summed E-state index contributed by atoms with van der Waals surface area (Å²) in [5.41, 5.74) is 5.87. The summed E-state index contributed by atoms with van der Waals surface area (Å²) in [6, 6.07) is 6.64. The Morgan fingerprint density at radius 2 is 1.86 bits per heavy atom. The Bertz CT molecular complexity index is 609. The largest absolute Gasteiger partial charge is 0.491 e. The fraction of sp³-hybridized carbons (Fsp3) is 0.625. The van der Waals surface area contributed by atoms with Gasteiger partial charge in [-0.05, 0) is 49.9 Å². The molecule has 1 atom stereocenters. The van der Waals surface area contributed by atoms with Crippen LogP contribution >= 0.6 is 0 Å². The summed E-state index contributed by atoms with van der Waals surface area (Å²) < 4.78 is 32.6. The average Bonchev–Trinajstić information content (AvgIpc) is 2.41. The van der Waals surface area contributed by atoms with E-state index in [-0.39, 0.29) is 17.6 Å². The zero-order valence-electron chi connectivity index (χ0n) is 13.7. The molecule has 0 radical (unpaired) electrons. The predicted molar refractivity (Wildman–Crippen MR) is 87.3 cm³/mol. The summed E-state index contributed by atoms with van der Waals surface area (Å²) in [5, 5.41) is 0. The van der Waals surface area contributed by atoms with Crippen molar-refractivity contribution in [3.63, 3.8) is 0 Å². The van der Waals surface area contributed by atoms with Gasteiger partial charge in [0, 0.05) is 19.1 Å². The lowest BCUT2D eigenvalue weighted by atomic mass is 9.81. The van der Waals surface area contributed by atoms with Gasteiger partial charge >= 0.3 is 0 Å². The molecule has 1 aromatic carbocycles. The summed E-state index contributed by atoms with van der Waals surface area (Å²) in [6.07, 6.45) is 0.743. The van der Waals surface area contributed by atoms with Gasteiger partial charge in [-0.3, -0.25) is 0 Å². The third kappa shape index (κ3) is 3.62. The third-order valence-corrected chi connectivity index (χ3v) is 5.97. The van der Waals surface area contributed by atoms with Crippen LogP contribution < -0.4 is 10.5 Å². The van der Waals surface area contributed by atoms with Crippen LogP contribution in [0.15, 0.2) is 29.2 Å². The molecule has 0 saturated carbocycles. The first-order valence-corrected chi connectivity index (χ1v) is 9.09. The van der Waals surface area contributed by atoms with Crippen molar-refractivity contribution < 1.29 is 13.2 Å². The number of hydrogen-bond acceptors (Lipinski definition) is 4. The molecule has 1 saturated heterocycles. The van der Waals surface area contributed by atoms with E-state index in [4.69, 9.17) is 10.5 Å². The molecule has 5 nitrogen and oxygen atoms in total. The molecule has 0 bridgehead atoms. The normalized spacial score (nSPS) is 22.7. The van der Waals surface area contributed by atoms with Crippen molar-refractivity contribution in [1.29, 1.82) is 0 Å². The van der Waals surface area contributed by atoms with Gasteiger partial charge < -0.3 is 10.5 Å². The second kappa shape index (κ2) is 6.18. The maximum absolute atomic E-state index is 12.8. The zero-order chi connectivity index (χ0) is 16.5. The number of rotatable bonds is 4. The van der Waals surface area contributed by atoms with Gasteiger partial charge in [-0.25, -0.2) is 8.42 Å². The van der Waals surface area contributed by atoms with Crippen LogP contribution in [0.1, 0.15) is 34.1 Å². The fourth-order valence-corrected chi connectivity index (χ4v) is 4.27. The lowest BCUT2D eigenvalue weighted by Crippen LogP contribution is -2.53. The molecule has 1 aromatic rings. The molecule has 22 heavy (non-hydrogen) atoms. The molecule has 1 heterocycles. The number of piperidine rings is 1. The zero-order valence-corrected chi connectivity index (χ0v) is 14.6. The molecule has 0 aliphatic carbocycles. The molecule has 1 aliphatic rings. The third-order valence-electron chi connectivity index (χ3n) is 4.11. The molecule has 2 rings (SSSR count). The molecule has 0 amide bonds. The average molecular weight is 326 g/mol. The molecule has 1 unspecified atom stereocenters. The van der Waals surface area contributed by atoms with E-state index in [1.54, 1.807) is 24.3 Å². The van der Waals surface area contributed by atoms with Crippen molar-refractivity contribution in [3.8, 4) is 5.75 Å². The van der Waals surface area contributed by atoms with Crippen LogP contribution in [0.3, 0.4) is 0 Å². The minimum atomic E-state index is -3.48. The van der Waals surface area contributed by atoms with Crippen LogP contribution in [-0.4, -0.2) is 38.0 Å². The van der Waals surface area contributed by atoms with Crippen LogP contribution in [0.25, 0.3) is 0 Å². The number of hydrogen-bond donors (Lipinski definition) is 1. The standard InChI is InChI=1S/C16H26N2O3S/c1-12(2)21-13-5-7-14(8-6-13)22(19,20)18-10-9-15(17)16(3,4)11-18/h5-8,12,15H,9-11,17H2,1-4H3. The van der Waals surface area contributed by atoms with E-state index >= 15 is 0 Å². The Morgan fingerprint density at radius 3 is 2.36 bits per heavy atom. The highest BCUT2D eigenvalue weighted by atomic mass is 32.2. The highest BCUT2D eigenvalue weighted by Crippen LogP contribution is 2.31. The molecular formula is C16H26N2O3S. The van der Waals surface area contributed by atoms with Gasteiger partial charge in [-0.15, -0.1) is 0 Å². The second-order valence-electron chi connectivity index (χ2n) is 6.86. The van der Waals surface area contributed by atoms with E-state index in [0.29, 0.717) is 30.2 Å². The maximum Gasteiger partial charge on any atom is 0.243 e. The Kier molecular flexibility index (Phi) is 4.84. The van der Waals surface area contributed by atoms with Crippen LogP contribution in [0.2, 0.25) is 0 Å². The van der Waals surface area contributed by atoms with Crippen molar-refractivity contribution in [2.24, 2.45) is 11.1 Å². The molecule has 6 heteroatoms. The van der Waals surface area contributed by atoms with Crippen LogP contribution in [0.5, 0.6) is 5.75 Å². The first kappa shape index (κ1) is 17.2. The molecule has 1 aliphatic heterocycles. The SMILES string of the molecule is CC(C)Oc1ccc(S(=O)(=O)N2CCC(N)C(C)(C)C2)cc1. The molecule has 1 fully saturated rings. The van der Waals surface area contributed by atoms with Gasteiger partial charge in [0.25, 0.3) is 0 Å². The highest BCUT2D eigenvalue weighted by Gasteiger charge is 2.38. The summed E-state index contributed by atoms with van der Waals surface area (Å²) in [5.74, 6) is 0.676. The van der Waals surface area contributed by atoms with Gasteiger partial charge in [0.05, 0.1) is 11.0 Å². The van der Waals surface area contributed by atoms with E-state index < -0.39 is 10.0 Å². The molecule has 2 N–H and O–H groups in total. The van der Waals surface area contributed by atoms with Crippen molar-refractivity contribution >= 4 is 10.0 Å². The van der Waals surface area contributed by atoms with Gasteiger partial charge in [0.2, 0.25) is 10.0 Å². The molecule has 0 spiro atoms. The van der Waals surface area contributed by atoms with Crippen molar-refractivity contribution in [2.45, 2.75) is 51.2 Å². The van der Waals surface area contributed by atoms with Gasteiger partial charge in [-0.1, -0.05) is 13.8 Å². The first-order valence-electron chi connectivity index (χ1n) is 7.65. The fourth-order valence-electron chi connectivity index (χ4n) is 2.64. The maximum atomic E-state index is 12.8. The van der Waals surface area contributed by atoms with Crippen LogP contribution in [0.4, 0.5) is 0 Å². The Labute approximate surface area is 133 Å². The van der Waals surface area contributed by atoms with Crippen LogP contribution in [-0.2, 0) is 10.0 Å². The topological polar surface area (TPSA) is 72.6 Å². The summed E-state index contributed by atoms with van der Waals surface area (Å²) in [7, 11) is -3.48. The molecular weight excluding hydrogens is 300 g/mol. The summed E-state index contributed by atoms with van der Waals surface area (Å²) in [6.45, 7) is 8.81. The summed E-state index contributed by atoms with van der Waals surface area (Å²) >= 11 is 0. The van der Waals surface area contributed by atoms with Gasteiger partial charge in [0.1, 0.15) is 5.75 Å². The van der Waals surface area contributed by atoms with Crippen molar-refractivity contribution in [3.05, 3.63) is 24.3 Å². The van der Waals surface area contributed by atoms with E-state index in [0.717, 1.165) is 0 Å². The first-order chi connectivity index (χ1) is 10.1. The summed E-state index contributed by atoms with van der Waals surface area (Å²) in [4.78, 5) is 0.301. The lowest BCUT2D eigenvalue weighted by molar-refractivity contribution is 0.155. The minimum Gasteiger partial charge on any atom is -0.491 e. The second-order valence-corrected chi connectivity index (χ2v) is 8.80. The smallest absolute Gasteiger partial charge is 0.243 e. The quantitative estimate of drug-likeness (QED) is 0.921. The predicted octanol–water partition coefficient (Wildman–Crippen LogP) is 2.22. The number of sulfonamides is 1. The minimum absolute atomic E-state index is 0.0285. The Morgan fingerprint density at radius 1 is 1.27 bits per heavy atom. The van der Waals surface area contributed by atoms with Crippen LogP contribution in [0, 0.1) is 5.41 Å². The number of ether oxygens (including phenoxy) is 1. The number of benzene rings is 1. The van der Waals surface area contributed by atoms with E-state index in [2.05, 4.69) is 0 Å². The number of nitrogens with two attached hydrogens (primary N) is 1. The highest BCUT2D eigenvalue weighted by molar-refractivity contribution is 7.89. The number of nitrogens with zero attached hydrogens (tertiary/aromatic N) is 1. The Balaban J connectivity index is 2.20. The molecule has 0 aromatic heterocycles. The lowest BCUT2D eigenvalue weighted by Gasteiger charge is -2.41. The van der Waals surface area contributed by atoms with E-state index in [9.17, 15) is 8.42 Å². The van der Waals surface area contributed by atoms with Gasteiger partial charge in [-0.2, -0.15) is 4.31 Å². The van der Waals surface area contributed by atoms with Gasteiger partial charge in [0.15, 0.2) is 0 Å². The van der Waals surface area contributed by atoms with Crippen molar-refractivity contribution in [2.75, 3.05) is 13.1 Å². The van der Waals surface area contributed by atoms with Crippen molar-refractivity contribution in [1.82, 2.24) is 4.31 Å². The van der Waals surface area contributed by atoms with E-state index in [1.165, 1.54) is 4.31 Å². The monoisotopic (exact) mass is 326 g/mol. The molecule has 124 valence electrons.